The number of hydrogen-bond acceptors (Lipinski definition) is 2. The molecule has 0 aliphatic carbocycles. The van der Waals surface area contributed by atoms with Crippen molar-refractivity contribution in [1.82, 2.24) is 0 Å². The second-order valence-electron chi connectivity index (χ2n) is 4.90. The lowest BCUT2D eigenvalue weighted by molar-refractivity contribution is 0.0848. The number of hydrogen-bond donors (Lipinski definition) is 0. The zero-order chi connectivity index (χ0) is 14.3. The Labute approximate surface area is 124 Å². The van der Waals surface area contributed by atoms with E-state index in [1.54, 1.807) is 0 Å². The van der Waals surface area contributed by atoms with Crippen LogP contribution in [0.1, 0.15) is 34.0 Å². The lowest BCUT2D eigenvalue weighted by Gasteiger charge is -2.26. The Kier molecular flexibility index (Phi) is 3.34. The topological polar surface area (TPSA) is 26.3 Å². The number of carbonyl (C=O) groups excluding carboxylic acids is 1. The molecule has 0 radical (unpaired) electrons. The van der Waals surface area contributed by atoms with Crippen molar-refractivity contribution in [2.75, 3.05) is 0 Å². The van der Waals surface area contributed by atoms with Gasteiger partial charge in [-0.25, -0.2) is 4.39 Å². The Morgan fingerprint density at radius 2 is 2.05 bits per heavy atom. The number of fused-ring (bicyclic) bond motifs is 1. The highest BCUT2D eigenvalue weighted by atomic mass is 79.9. The van der Waals surface area contributed by atoms with E-state index in [0.29, 0.717) is 11.3 Å². The van der Waals surface area contributed by atoms with Gasteiger partial charge in [-0.1, -0.05) is 28.1 Å². The van der Waals surface area contributed by atoms with Gasteiger partial charge in [0.25, 0.3) is 0 Å². The largest absolute Gasteiger partial charge is 0.484 e. The van der Waals surface area contributed by atoms with E-state index in [1.807, 2.05) is 25.1 Å². The standard InChI is InChI=1S/C16H12BrFO2/c1-9-2-4-11(13(17)6-9)16-8-14(19)12-7-10(18)3-5-15(12)20-16/h2-7,16H,8H2,1H3. The van der Waals surface area contributed by atoms with Gasteiger partial charge in [0.15, 0.2) is 5.78 Å². The van der Waals surface area contributed by atoms with E-state index < -0.39 is 5.82 Å². The third-order valence-corrected chi connectivity index (χ3v) is 4.07. The summed E-state index contributed by atoms with van der Waals surface area (Å²) in [6, 6.07) is 9.97. The molecule has 0 fully saturated rings. The molecule has 0 aromatic heterocycles. The summed E-state index contributed by atoms with van der Waals surface area (Å²) in [4.78, 5) is 12.1. The SMILES string of the molecule is Cc1ccc(C2CC(=O)c3cc(F)ccc3O2)c(Br)c1. The van der Waals surface area contributed by atoms with Gasteiger partial charge in [0.05, 0.1) is 12.0 Å². The molecule has 3 rings (SSSR count). The maximum atomic E-state index is 13.2. The number of ether oxygens (including phenoxy) is 1. The number of halogens is 2. The average Bonchev–Trinajstić information content (AvgIpc) is 2.39. The molecule has 0 spiro atoms. The lowest BCUT2D eigenvalue weighted by atomic mass is 9.96. The fourth-order valence-electron chi connectivity index (χ4n) is 2.36. The van der Waals surface area contributed by atoms with Gasteiger partial charge in [0.2, 0.25) is 0 Å². The van der Waals surface area contributed by atoms with Crippen LogP contribution in [0.25, 0.3) is 0 Å². The van der Waals surface area contributed by atoms with Crippen LogP contribution in [-0.2, 0) is 0 Å². The first-order valence-corrected chi connectivity index (χ1v) is 7.09. The first-order valence-electron chi connectivity index (χ1n) is 6.30. The average molecular weight is 335 g/mol. The molecule has 0 bridgehead atoms. The summed E-state index contributed by atoms with van der Waals surface area (Å²) in [5.74, 6) is -0.0704. The number of rotatable bonds is 1. The Morgan fingerprint density at radius 1 is 1.25 bits per heavy atom. The third kappa shape index (κ3) is 2.36. The summed E-state index contributed by atoms with van der Waals surface area (Å²) in [7, 11) is 0. The van der Waals surface area contributed by atoms with Crippen LogP contribution in [0, 0.1) is 12.7 Å². The summed E-state index contributed by atoms with van der Waals surface area (Å²) < 4.78 is 19.9. The number of carbonyl (C=O) groups is 1. The Balaban J connectivity index is 1.99. The highest BCUT2D eigenvalue weighted by Gasteiger charge is 2.29. The van der Waals surface area contributed by atoms with Crippen molar-refractivity contribution in [2.24, 2.45) is 0 Å². The molecule has 1 heterocycles. The molecule has 20 heavy (non-hydrogen) atoms. The van der Waals surface area contributed by atoms with E-state index >= 15 is 0 Å². The van der Waals surface area contributed by atoms with E-state index in [-0.39, 0.29) is 18.3 Å². The van der Waals surface area contributed by atoms with Crippen molar-refractivity contribution in [3.63, 3.8) is 0 Å². The minimum absolute atomic E-state index is 0.0942. The molecule has 0 saturated heterocycles. The molecule has 1 atom stereocenters. The van der Waals surface area contributed by atoms with Crippen molar-refractivity contribution in [2.45, 2.75) is 19.4 Å². The van der Waals surface area contributed by atoms with Gasteiger partial charge in [-0.15, -0.1) is 0 Å². The van der Waals surface area contributed by atoms with Gasteiger partial charge in [-0.05, 0) is 36.8 Å². The van der Waals surface area contributed by atoms with E-state index in [0.717, 1.165) is 15.6 Å². The Hall–Kier alpha value is -1.68. The predicted molar refractivity (Wildman–Crippen MR) is 77.6 cm³/mol. The molecular formula is C16H12BrFO2. The van der Waals surface area contributed by atoms with Gasteiger partial charge in [-0.3, -0.25) is 4.79 Å². The summed E-state index contributed by atoms with van der Waals surface area (Å²) in [5, 5.41) is 0. The molecule has 2 aromatic rings. The van der Waals surface area contributed by atoms with Crippen LogP contribution in [0.4, 0.5) is 4.39 Å². The van der Waals surface area contributed by atoms with Crippen molar-refractivity contribution < 1.29 is 13.9 Å². The second kappa shape index (κ2) is 5.02. The molecule has 1 aliphatic heterocycles. The zero-order valence-corrected chi connectivity index (χ0v) is 12.4. The third-order valence-electron chi connectivity index (χ3n) is 3.38. The van der Waals surface area contributed by atoms with Crippen molar-refractivity contribution in [3.8, 4) is 5.75 Å². The number of benzene rings is 2. The minimum Gasteiger partial charge on any atom is -0.484 e. The maximum absolute atomic E-state index is 13.2. The van der Waals surface area contributed by atoms with Crippen LogP contribution in [-0.4, -0.2) is 5.78 Å². The quantitative estimate of drug-likeness (QED) is 0.761. The second-order valence-corrected chi connectivity index (χ2v) is 5.75. The lowest BCUT2D eigenvalue weighted by Crippen LogP contribution is -2.20. The van der Waals surface area contributed by atoms with Crippen LogP contribution in [0.5, 0.6) is 5.75 Å². The summed E-state index contributed by atoms with van der Waals surface area (Å²) in [6.45, 7) is 2.00. The highest BCUT2D eigenvalue weighted by molar-refractivity contribution is 9.10. The summed E-state index contributed by atoms with van der Waals surface area (Å²) in [5.41, 5.74) is 2.38. The van der Waals surface area contributed by atoms with Crippen molar-refractivity contribution >= 4 is 21.7 Å². The number of aryl methyl sites for hydroxylation is 1. The first kappa shape index (κ1) is 13.3. The predicted octanol–water partition coefficient (Wildman–Crippen LogP) is 4.60. The molecular weight excluding hydrogens is 323 g/mol. The molecule has 0 amide bonds. The Bertz CT molecular complexity index is 697. The fourth-order valence-corrected chi connectivity index (χ4v) is 3.11. The van der Waals surface area contributed by atoms with Gasteiger partial charge in [0, 0.05) is 10.0 Å². The molecule has 1 unspecified atom stereocenters. The molecule has 0 saturated carbocycles. The summed E-state index contributed by atoms with van der Waals surface area (Å²) >= 11 is 3.50. The van der Waals surface area contributed by atoms with E-state index in [9.17, 15) is 9.18 Å². The van der Waals surface area contributed by atoms with Crippen LogP contribution in [0.2, 0.25) is 0 Å². The highest BCUT2D eigenvalue weighted by Crippen LogP contribution is 2.37. The molecule has 2 aromatic carbocycles. The summed E-state index contributed by atoms with van der Waals surface area (Å²) in [6.07, 6.45) is -0.117. The van der Waals surface area contributed by atoms with E-state index in [1.165, 1.54) is 18.2 Å². The number of ketones is 1. The van der Waals surface area contributed by atoms with Gasteiger partial charge >= 0.3 is 0 Å². The van der Waals surface area contributed by atoms with E-state index in [2.05, 4.69) is 15.9 Å². The van der Waals surface area contributed by atoms with Crippen molar-refractivity contribution in [3.05, 3.63) is 63.4 Å². The molecule has 1 aliphatic rings. The van der Waals surface area contributed by atoms with Gasteiger partial charge < -0.3 is 4.74 Å². The Morgan fingerprint density at radius 3 is 2.80 bits per heavy atom. The molecule has 102 valence electrons. The van der Waals surface area contributed by atoms with E-state index in [4.69, 9.17) is 4.74 Å². The fraction of sp³-hybridized carbons (Fsp3) is 0.188. The van der Waals surface area contributed by atoms with Crippen LogP contribution in [0.3, 0.4) is 0 Å². The minimum atomic E-state index is -0.421. The van der Waals surface area contributed by atoms with Crippen molar-refractivity contribution in [1.29, 1.82) is 0 Å². The number of Topliss-reactive ketones (excluding diaryl/α,β-unsaturated/α-hetero) is 1. The van der Waals surface area contributed by atoms with Crippen LogP contribution < -0.4 is 4.74 Å². The van der Waals surface area contributed by atoms with Gasteiger partial charge in [0.1, 0.15) is 17.7 Å². The molecule has 0 N–H and O–H groups in total. The van der Waals surface area contributed by atoms with Gasteiger partial charge in [-0.2, -0.15) is 0 Å². The molecule has 2 nitrogen and oxygen atoms in total. The van der Waals surface area contributed by atoms with Crippen LogP contribution in [0.15, 0.2) is 40.9 Å². The maximum Gasteiger partial charge on any atom is 0.170 e. The smallest absolute Gasteiger partial charge is 0.170 e. The zero-order valence-electron chi connectivity index (χ0n) is 10.8. The normalized spacial score (nSPS) is 17.6. The molecule has 4 heteroatoms. The van der Waals surface area contributed by atoms with Crippen LogP contribution >= 0.6 is 15.9 Å². The first-order chi connectivity index (χ1) is 9.54. The monoisotopic (exact) mass is 334 g/mol.